The summed E-state index contributed by atoms with van der Waals surface area (Å²) in [6.45, 7) is 1.11. The predicted octanol–water partition coefficient (Wildman–Crippen LogP) is 1.48. The average Bonchev–Trinajstić information content (AvgIpc) is 2.66. The van der Waals surface area contributed by atoms with E-state index in [-0.39, 0.29) is 0 Å². The van der Waals surface area contributed by atoms with Gasteiger partial charge in [0.1, 0.15) is 0 Å². The second-order valence-corrected chi connectivity index (χ2v) is 4.39. The molecule has 2 nitrogen and oxygen atoms in total. The van der Waals surface area contributed by atoms with Crippen LogP contribution in [0.2, 0.25) is 0 Å². The number of hydrogen-bond acceptors (Lipinski definition) is 3. The zero-order valence-electron chi connectivity index (χ0n) is 6.68. The van der Waals surface area contributed by atoms with E-state index in [9.17, 15) is 0 Å². The van der Waals surface area contributed by atoms with E-state index < -0.39 is 0 Å². The minimum Gasteiger partial charge on any atom is -0.310 e. The Balaban J connectivity index is 1.65. The Morgan fingerprint density at radius 1 is 1.55 bits per heavy atom. The molecule has 0 unspecified atom stereocenters. The van der Waals surface area contributed by atoms with E-state index in [1.165, 1.54) is 30.7 Å². The van der Waals surface area contributed by atoms with E-state index in [2.05, 4.69) is 10.5 Å². The lowest BCUT2D eigenvalue weighted by Gasteiger charge is -1.98. The third-order valence-electron chi connectivity index (χ3n) is 2.12. The third kappa shape index (κ3) is 2.40. The largest absolute Gasteiger partial charge is 0.310 e. The Labute approximate surface area is 71.8 Å². The monoisotopic (exact) mass is 170 g/mol. The lowest BCUT2D eigenvalue weighted by molar-refractivity contribution is 0.670. The van der Waals surface area contributed by atoms with Gasteiger partial charge in [-0.15, -0.1) is 0 Å². The first kappa shape index (κ1) is 7.47. The highest BCUT2D eigenvalue weighted by Crippen LogP contribution is 2.27. The van der Waals surface area contributed by atoms with E-state index in [0.717, 1.165) is 18.2 Å². The van der Waals surface area contributed by atoms with Crippen LogP contribution < -0.4 is 5.43 Å². The molecule has 0 aromatic heterocycles. The lowest BCUT2D eigenvalue weighted by Crippen LogP contribution is -2.12. The molecule has 1 saturated heterocycles. The lowest BCUT2D eigenvalue weighted by atomic mass is 10.3. The van der Waals surface area contributed by atoms with Crippen molar-refractivity contribution >= 4 is 17.5 Å². The molecule has 0 aromatic rings. The van der Waals surface area contributed by atoms with Crippen molar-refractivity contribution in [2.45, 2.75) is 19.3 Å². The van der Waals surface area contributed by atoms with Gasteiger partial charge in [0.25, 0.3) is 0 Å². The van der Waals surface area contributed by atoms with Crippen LogP contribution in [0.25, 0.3) is 0 Å². The van der Waals surface area contributed by atoms with Crippen molar-refractivity contribution in [3.63, 3.8) is 0 Å². The quantitative estimate of drug-likeness (QED) is 0.649. The molecule has 2 rings (SSSR count). The van der Waals surface area contributed by atoms with Crippen molar-refractivity contribution in [3.05, 3.63) is 0 Å². The number of thioether (sulfide) groups is 1. The van der Waals surface area contributed by atoms with Gasteiger partial charge < -0.3 is 5.43 Å². The van der Waals surface area contributed by atoms with Crippen molar-refractivity contribution in [2.75, 3.05) is 18.1 Å². The summed E-state index contributed by atoms with van der Waals surface area (Å²) in [6.07, 6.45) is 4.02. The van der Waals surface area contributed by atoms with Crippen LogP contribution in [0.1, 0.15) is 19.3 Å². The predicted molar refractivity (Wildman–Crippen MR) is 50.1 cm³/mol. The molecule has 62 valence electrons. The van der Waals surface area contributed by atoms with Crippen molar-refractivity contribution in [1.29, 1.82) is 0 Å². The molecular formula is C8H14N2S. The molecule has 0 spiro atoms. The van der Waals surface area contributed by atoms with Gasteiger partial charge in [-0.3, -0.25) is 0 Å². The second kappa shape index (κ2) is 3.48. The number of rotatable bonds is 3. The molecule has 0 radical (unpaired) electrons. The molecule has 1 aliphatic heterocycles. The SMILES string of the molecule is C1C/C(=N\NCC2CC2)CS1. The maximum atomic E-state index is 4.35. The van der Waals surface area contributed by atoms with E-state index in [1.807, 2.05) is 11.8 Å². The number of nitrogens with one attached hydrogen (secondary N) is 1. The molecule has 0 atom stereocenters. The van der Waals surface area contributed by atoms with Crippen LogP contribution in [0.5, 0.6) is 0 Å². The zero-order valence-corrected chi connectivity index (χ0v) is 7.49. The van der Waals surface area contributed by atoms with Gasteiger partial charge in [0, 0.05) is 18.0 Å². The summed E-state index contributed by atoms with van der Waals surface area (Å²) in [7, 11) is 0. The summed E-state index contributed by atoms with van der Waals surface area (Å²) in [5, 5.41) is 4.35. The fourth-order valence-corrected chi connectivity index (χ4v) is 2.12. The van der Waals surface area contributed by atoms with Crippen LogP contribution in [-0.2, 0) is 0 Å². The summed E-state index contributed by atoms with van der Waals surface area (Å²) < 4.78 is 0. The van der Waals surface area contributed by atoms with Gasteiger partial charge in [-0.1, -0.05) is 0 Å². The number of hydrazone groups is 1. The fraction of sp³-hybridized carbons (Fsp3) is 0.875. The van der Waals surface area contributed by atoms with Crippen molar-refractivity contribution in [2.24, 2.45) is 11.0 Å². The summed E-state index contributed by atoms with van der Waals surface area (Å²) in [5.74, 6) is 3.36. The molecule has 2 fully saturated rings. The maximum absolute atomic E-state index is 4.35. The highest BCUT2D eigenvalue weighted by Gasteiger charge is 2.20. The highest BCUT2D eigenvalue weighted by atomic mass is 32.2. The molecule has 1 aliphatic carbocycles. The minimum absolute atomic E-state index is 0.938. The fourth-order valence-electron chi connectivity index (χ4n) is 1.15. The summed E-state index contributed by atoms with van der Waals surface area (Å²) >= 11 is 1.99. The van der Waals surface area contributed by atoms with Crippen LogP contribution >= 0.6 is 11.8 Å². The van der Waals surface area contributed by atoms with Gasteiger partial charge >= 0.3 is 0 Å². The second-order valence-electron chi connectivity index (χ2n) is 3.29. The molecule has 1 saturated carbocycles. The standard InChI is InChI=1S/C8H14N2S/c1-2-7(1)5-9-10-8-3-4-11-6-8/h7,9H,1-6H2/b10-8+. The van der Waals surface area contributed by atoms with Gasteiger partial charge in [0.2, 0.25) is 0 Å². The Bertz CT molecular complexity index is 155. The first-order valence-corrected chi connectivity index (χ1v) is 5.46. The number of nitrogens with zero attached hydrogens (tertiary/aromatic N) is 1. The van der Waals surface area contributed by atoms with Gasteiger partial charge in [0.05, 0.1) is 0 Å². The number of hydrogen-bond donors (Lipinski definition) is 1. The molecule has 1 N–H and O–H groups in total. The Morgan fingerprint density at radius 2 is 2.45 bits per heavy atom. The topological polar surface area (TPSA) is 24.4 Å². The summed E-state index contributed by atoms with van der Waals surface area (Å²) in [5.41, 5.74) is 4.52. The van der Waals surface area contributed by atoms with E-state index >= 15 is 0 Å². The van der Waals surface area contributed by atoms with Crippen molar-refractivity contribution in [3.8, 4) is 0 Å². The van der Waals surface area contributed by atoms with Crippen molar-refractivity contribution in [1.82, 2.24) is 5.43 Å². The van der Waals surface area contributed by atoms with E-state index in [0.29, 0.717) is 0 Å². The maximum Gasteiger partial charge on any atom is 0.0485 e. The molecule has 3 heteroatoms. The van der Waals surface area contributed by atoms with Crippen LogP contribution in [0.3, 0.4) is 0 Å². The van der Waals surface area contributed by atoms with Gasteiger partial charge in [-0.05, 0) is 30.9 Å². The van der Waals surface area contributed by atoms with Crippen LogP contribution in [0.4, 0.5) is 0 Å². The summed E-state index contributed by atoms with van der Waals surface area (Å²) in [4.78, 5) is 0. The Morgan fingerprint density at radius 3 is 3.09 bits per heavy atom. The van der Waals surface area contributed by atoms with Crippen molar-refractivity contribution < 1.29 is 0 Å². The molecule has 0 bridgehead atoms. The highest BCUT2D eigenvalue weighted by molar-refractivity contribution is 8.00. The zero-order chi connectivity index (χ0) is 7.52. The Hall–Kier alpha value is -0.180. The molecular weight excluding hydrogens is 156 g/mol. The molecule has 2 aliphatic rings. The van der Waals surface area contributed by atoms with Crippen LogP contribution in [0, 0.1) is 5.92 Å². The van der Waals surface area contributed by atoms with Gasteiger partial charge in [-0.25, -0.2) is 0 Å². The molecule has 0 amide bonds. The third-order valence-corrected chi connectivity index (χ3v) is 3.15. The average molecular weight is 170 g/mol. The molecule has 0 aromatic carbocycles. The van der Waals surface area contributed by atoms with Crippen LogP contribution in [0.15, 0.2) is 5.10 Å². The van der Waals surface area contributed by atoms with Gasteiger partial charge in [0.15, 0.2) is 0 Å². The smallest absolute Gasteiger partial charge is 0.0485 e. The van der Waals surface area contributed by atoms with Gasteiger partial charge in [-0.2, -0.15) is 16.9 Å². The molecule has 1 heterocycles. The normalized spacial score (nSPS) is 27.8. The first-order chi connectivity index (χ1) is 5.45. The summed E-state index contributed by atoms with van der Waals surface area (Å²) in [6, 6.07) is 0. The van der Waals surface area contributed by atoms with Crippen LogP contribution in [-0.4, -0.2) is 23.8 Å². The van der Waals surface area contributed by atoms with E-state index in [4.69, 9.17) is 0 Å². The molecule has 11 heavy (non-hydrogen) atoms. The Kier molecular flexibility index (Phi) is 2.36. The van der Waals surface area contributed by atoms with E-state index in [1.54, 1.807) is 0 Å². The minimum atomic E-state index is 0.938. The first-order valence-electron chi connectivity index (χ1n) is 4.31.